The van der Waals surface area contributed by atoms with Crippen LogP contribution in [0.15, 0.2) is 54.9 Å². The molecule has 1 unspecified atom stereocenters. The Morgan fingerprint density at radius 3 is 2.48 bits per heavy atom. The highest BCUT2D eigenvalue weighted by Crippen LogP contribution is 2.22. The zero-order valence-electron chi connectivity index (χ0n) is 12.4. The van der Waals surface area contributed by atoms with Crippen molar-refractivity contribution in [2.75, 3.05) is 6.61 Å². The third-order valence-electron chi connectivity index (χ3n) is 3.43. The van der Waals surface area contributed by atoms with E-state index < -0.39 is 5.54 Å². The van der Waals surface area contributed by atoms with Crippen LogP contribution in [0, 0.1) is 0 Å². The molecule has 0 saturated heterocycles. The number of aromatic nitrogens is 1. The van der Waals surface area contributed by atoms with Crippen molar-refractivity contribution in [1.29, 1.82) is 0 Å². The fourth-order valence-corrected chi connectivity index (χ4v) is 2.13. The number of hydrogen-bond acceptors (Lipinski definition) is 4. The van der Waals surface area contributed by atoms with E-state index in [1.807, 2.05) is 56.3 Å². The number of hydrogen-bond donors (Lipinski definition) is 1. The molecule has 4 nitrogen and oxygen atoms in total. The lowest BCUT2D eigenvalue weighted by atomic mass is 9.92. The Kier molecular flexibility index (Phi) is 5.06. The molecule has 0 aliphatic carbocycles. The van der Waals surface area contributed by atoms with Crippen molar-refractivity contribution < 1.29 is 9.53 Å². The lowest BCUT2D eigenvalue weighted by Crippen LogP contribution is -2.47. The molecule has 21 heavy (non-hydrogen) atoms. The maximum absolute atomic E-state index is 12.4. The number of benzene rings is 1. The Morgan fingerprint density at radius 2 is 1.86 bits per heavy atom. The fraction of sp³-hybridized carbons (Fsp3) is 0.294. The molecule has 0 aliphatic rings. The van der Waals surface area contributed by atoms with Crippen LogP contribution in [0.3, 0.4) is 0 Å². The second-order valence-electron chi connectivity index (χ2n) is 4.92. The van der Waals surface area contributed by atoms with Gasteiger partial charge in [0.2, 0.25) is 0 Å². The topological polar surface area (TPSA) is 51.2 Å². The molecule has 0 fully saturated rings. The first kappa shape index (κ1) is 15.2. The van der Waals surface area contributed by atoms with Crippen molar-refractivity contribution in [1.82, 2.24) is 10.3 Å². The van der Waals surface area contributed by atoms with E-state index in [1.165, 1.54) is 0 Å². The highest BCUT2D eigenvalue weighted by atomic mass is 16.5. The van der Waals surface area contributed by atoms with Gasteiger partial charge in [-0.3, -0.25) is 10.3 Å². The SMILES string of the molecule is CCOC(=O)C(C)(NCc1ccccc1)c1ccncc1. The maximum atomic E-state index is 12.4. The maximum Gasteiger partial charge on any atom is 0.330 e. The Morgan fingerprint density at radius 1 is 1.19 bits per heavy atom. The summed E-state index contributed by atoms with van der Waals surface area (Å²) in [5, 5.41) is 3.31. The van der Waals surface area contributed by atoms with Crippen LogP contribution in [0.1, 0.15) is 25.0 Å². The van der Waals surface area contributed by atoms with Gasteiger partial charge in [-0.1, -0.05) is 30.3 Å². The number of esters is 1. The van der Waals surface area contributed by atoms with Gasteiger partial charge in [0.25, 0.3) is 0 Å². The summed E-state index contributed by atoms with van der Waals surface area (Å²) in [6.45, 7) is 4.58. The van der Waals surface area contributed by atoms with Crippen LogP contribution in [0.25, 0.3) is 0 Å². The zero-order chi connectivity index (χ0) is 15.1. The average molecular weight is 284 g/mol. The summed E-state index contributed by atoms with van der Waals surface area (Å²) in [5.41, 5.74) is 1.06. The van der Waals surface area contributed by atoms with Crippen LogP contribution in [-0.2, 0) is 21.6 Å². The molecule has 0 bridgehead atoms. The van der Waals surface area contributed by atoms with Gasteiger partial charge in [0, 0.05) is 18.9 Å². The predicted octanol–water partition coefficient (Wildman–Crippen LogP) is 2.65. The number of carbonyl (C=O) groups excluding carboxylic acids is 1. The van der Waals surface area contributed by atoms with Gasteiger partial charge < -0.3 is 4.74 Å². The van der Waals surface area contributed by atoms with Crippen molar-refractivity contribution in [3.8, 4) is 0 Å². The van der Waals surface area contributed by atoms with E-state index in [9.17, 15) is 4.79 Å². The van der Waals surface area contributed by atoms with E-state index in [1.54, 1.807) is 12.4 Å². The molecule has 2 aromatic rings. The molecule has 0 aliphatic heterocycles. The van der Waals surface area contributed by atoms with Crippen molar-refractivity contribution >= 4 is 5.97 Å². The summed E-state index contributed by atoms with van der Waals surface area (Å²) >= 11 is 0. The zero-order valence-corrected chi connectivity index (χ0v) is 12.4. The van der Waals surface area contributed by atoms with Crippen LogP contribution in [0.5, 0.6) is 0 Å². The lowest BCUT2D eigenvalue weighted by Gasteiger charge is -2.29. The number of nitrogens with one attached hydrogen (secondary N) is 1. The molecule has 1 heterocycles. The molecule has 1 aromatic carbocycles. The van der Waals surface area contributed by atoms with E-state index in [-0.39, 0.29) is 5.97 Å². The molecule has 0 spiro atoms. The lowest BCUT2D eigenvalue weighted by molar-refractivity contribution is -0.151. The summed E-state index contributed by atoms with van der Waals surface area (Å²) in [4.78, 5) is 16.4. The molecular weight excluding hydrogens is 264 g/mol. The summed E-state index contributed by atoms with van der Waals surface area (Å²) in [5.74, 6) is -0.285. The van der Waals surface area contributed by atoms with Gasteiger partial charge in [-0.2, -0.15) is 0 Å². The number of carbonyl (C=O) groups is 1. The summed E-state index contributed by atoms with van der Waals surface area (Å²) < 4.78 is 5.23. The Labute approximate surface area is 125 Å². The molecule has 0 radical (unpaired) electrons. The van der Waals surface area contributed by atoms with Gasteiger partial charge in [-0.25, -0.2) is 4.79 Å². The monoisotopic (exact) mass is 284 g/mol. The predicted molar refractivity (Wildman–Crippen MR) is 81.5 cm³/mol. The number of nitrogens with zero attached hydrogens (tertiary/aromatic N) is 1. The van der Waals surface area contributed by atoms with Gasteiger partial charge >= 0.3 is 5.97 Å². The molecule has 1 N–H and O–H groups in total. The largest absolute Gasteiger partial charge is 0.464 e. The minimum atomic E-state index is -0.894. The van der Waals surface area contributed by atoms with Crippen LogP contribution in [0.2, 0.25) is 0 Å². The van der Waals surface area contributed by atoms with Gasteiger partial charge in [0.1, 0.15) is 5.54 Å². The fourth-order valence-electron chi connectivity index (χ4n) is 2.13. The first-order valence-corrected chi connectivity index (χ1v) is 7.03. The quantitative estimate of drug-likeness (QED) is 0.829. The molecule has 110 valence electrons. The van der Waals surface area contributed by atoms with Crippen molar-refractivity contribution in [2.45, 2.75) is 25.9 Å². The standard InChI is InChI=1S/C17H20N2O2/c1-3-21-16(20)17(2,15-9-11-18-12-10-15)19-13-14-7-5-4-6-8-14/h4-12,19H,3,13H2,1-2H3. The summed E-state index contributed by atoms with van der Waals surface area (Å²) in [6, 6.07) is 13.6. The van der Waals surface area contributed by atoms with Gasteiger partial charge in [-0.05, 0) is 37.1 Å². The van der Waals surface area contributed by atoms with E-state index in [2.05, 4.69) is 10.3 Å². The highest BCUT2D eigenvalue weighted by molar-refractivity contribution is 5.82. The van der Waals surface area contributed by atoms with E-state index >= 15 is 0 Å². The first-order chi connectivity index (χ1) is 10.2. The summed E-state index contributed by atoms with van der Waals surface area (Å²) in [6.07, 6.45) is 3.36. The van der Waals surface area contributed by atoms with Gasteiger partial charge in [-0.15, -0.1) is 0 Å². The second-order valence-corrected chi connectivity index (χ2v) is 4.92. The molecule has 4 heteroatoms. The van der Waals surface area contributed by atoms with E-state index in [0.29, 0.717) is 13.2 Å². The van der Waals surface area contributed by atoms with E-state index in [0.717, 1.165) is 11.1 Å². The second kappa shape index (κ2) is 6.99. The number of pyridine rings is 1. The Balaban J connectivity index is 2.22. The molecule has 2 rings (SSSR count). The Hall–Kier alpha value is -2.20. The van der Waals surface area contributed by atoms with E-state index in [4.69, 9.17) is 4.74 Å². The first-order valence-electron chi connectivity index (χ1n) is 7.03. The number of ether oxygens (including phenoxy) is 1. The Bertz CT molecular complexity index is 572. The molecule has 0 saturated carbocycles. The molecule has 0 amide bonds. The third kappa shape index (κ3) is 3.67. The smallest absolute Gasteiger partial charge is 0.330 e. The van der Waals surface area contributed by atoms with Crippen molar-refractivity contribution in [3.05, 3.63) is 66.0 Å². The van der Waals surface area contributed by atoms with Crippen molar-refractivity contribution in [3.63, 3.8) is 0 Å². The average Bonchev–Trinajstić information content (AvgIpc) is 2.54. The van der Waals surface area contributed by atoms with Crippen LogP contribution in [0.4, 0.5) is 0 Å². The normalized spacial score (nSPS) is 13.4. The minimum absolute atomic E-state index is 0.285. The van der Waals surface area contributed by atoms with Crippen LogP contribution in [-0.4, -0.2) is 17.6 Å². The third-order valence-corrected chi connectivity index (χ3v) is 3.43. The molecule has 1 aromatic heterocycles. The summed E-state index contributed by atoms with van der Waals surface area (Å²) in [7, 11) is 0. The number of rotatable bonds is 6. The van der Waals surface area contributed by atoms with Crippen molar-refractivity contribution in [2.24, 2.45) is 0 Å². The molecular formula is C17H20N2O2. The highest BCUT2D eigenvalue weighted by Gasteiger charge is 2.36. The molecule has 1 atom stereocenters. The van der Waals surface area contributed by atoms with Gasteiger partial charge in [0.15, 0.2) is 0 Å². The van der Waals surface area contributed by atoms with Crippen LogP contribution < -0.4 is 5.32 Å². The minimum Gasteiger partial charge on any atom is -0.464 e. The van der Waals surface area contributed by atoms with Gasteiger partial charge in [0.05, 0.1) is 6.61 Å². The van der Waals surface area contributed by atoms with Crippen LogP contribution >= 0.6 is 0 Å².